The molecule has 1 heterocycles. The number of amides is 1. The summed E-state index contributed by atoms with van der Waals surface area (Å²) in [5.41, 5.74) is 0.200. The minimum Gasteiger partial charge on any atom is -0.508 e. The van der Waals surface area contributed by atoms with Crippen LogP contribution in [0.5, 0.6) is 11.5 Å². The first-order valence-electron chi connectivity index (χ1n) is 6.65. The Labute approximate surface area is 112 Å². The number of nitrogens with zero attached hydrogens (tertiary/aromatic N) is 1. The van der Waals surface area contributed by atoms with Crippen LogP contribution in [0.25, 0.3) is 0 Å². The van der Waals surface area contributed by atoms with E-state index in [1.807, 2.05) is 0 Å². The number of hydrogen-bond donors (Lipinski definition) is 3. The van der Waals surface area contributed by atoms with Crippen molar-refractivity contribution in [3.05, 3.63) is 23.8 Å². The van der Waals surface area contributed by atoms with Gasteiger partial charge in [0.1, 0.15) is 11.5 Å². The highest BCUT2D eigenvalue weighted by molar-refractivity contribution is 5.97. The lowest BCUT2D eigenvalue weighted by Crippen LogP contribution is -2.47. The first kappa shape index (κ1) is 13.7. The minimum absolute atomic E-state index is 0.0520. The largest absolute Gasteiger partial charge is 0.508 e. The zero-order valence-corrected chi connectivity index (χ0v) is 11.1. The standard InChI is InChI=1S/C14H20N2O3/c1-2-16-7-3-4-10(9-16)15-14(19)12-6-5-11(17)8-13(12)18/h5-6,8,10,17-18H,2-4,7,9H2,1H3,(H,15,19). The fraction of sp³-hybridized carbons (Fsp3) is 0.500. The maximum absolute atomic E-state index is 12.1. The molecule has 1 unspecified atom stereocenters. The van der Waals surface area contributed by atoms with Crippen LogP contribution in [0.2, 0.25) is 0 Å². The lowest BCUT2D eigenvalue weighted by molar-refractivity contribution is 0.0903. The van der Waals surface area contributed by atoms with E-state index < -0.39 is 0 Å². The van der Waals surface area contributed by atoms with Gasteiger partial charge in [0.25, 0.3) is 5.91 Å². The number of piperidine rings is 1. The molecule has 1 fully saturated rings. The second-order valence-electron chi connectivity index (χ2n) is 4.91. The molecule has 0 spiro atoms. The lowest BCUT2D eigenvalue weighted by atomic mass is 10.0. The van der Waals surface area contributed by atoms with Crippen molar-refractivity contribution in [2.24, 2.45) is 0 Å². The van der Waals surface area contributed by atoms with E-state index >= 15 is 0 Å². The number of hydrogen-bond acceptors (Lipinski definition) is 4. The summed E-state index contributed by atoms with van der Waals surface area (Å²) in [7, 11) is 0. The quantitative estimate of drug-likeness (QED) is 0.769. The monoisotopic (exact) mass is 264 g/mol. The minimum atomic E-state index is -0.291. The number of likely N-dealkylation sites (N-methyl/N-ethyl adjacent to an activating group) is 1. The average Bonchev–Trinajstić information content (AvgIpc) is 2.38. The molecule has 0 radical (unpaired) electrons. The first-order valence-corrected chi connectivity index (χ1v) is 6.65. The molecule has 5 nitrogen and oxygen atoms in total. The lowest BCUT2D eigenvalue weighted by Gasteiger charge is -2.32. The maximum Gasteiger partial charge on any atom is 0.255 e. The SMILES string of the molecule is CCN1CCCC(NC(=O)c2ccc(O)cc2O)C1. The highest BCUT2D eigenvalue weighted by atomic mass is 16.3. The summed E-state index contributed by atoms with van der Waals surface area (Å²) in [6.45, 7) is 5.02. The van der Waals surface area contributed by atoms with Crippen molar-refractivity contribution < 1.29 is 15.0 Å². The van der Waals surface area contributed by atoms with Crippen LogP contribution in [-0.2, 0) is 0 Å². The van der Waals surface area contributed by atoms with Crippen molar-refractivity contribution in [1.29, 1.82) is 0 Å². The molecule has 1 atom stereocenters. The fourth-order valence-corrected chi connectivity index (χ4v) is 2.44. The van der Waals surface area contributed by atoms with Crippen molar-refractivity contribution in [2.75, 3.05) is 19.6 Å². The Balaban J connectivity index is 2.00. The van der Waals surface area contributed by atoms with Gasteiger partial charge in [-0.05, 0) is 38.1 Å². The van der Waals surface area contributed by atoms with Crippen LogP contribution in [0, 0.1) is 0 Å². The molecule has 1 saturated heterocycles. The van der Waals surface area contributed by atoms with Crippen molar-refractivity contribution in [1.82, 2.24) is 10.2 Å². The summed E-state index contributed by atoms with van der Waals surface area (Å²) >= 11 is 0. The summed E-state index contributed by atoms with van der Waals surface area (Å²) in [6, 6.07) is 4.12. The van der Waals surface area contributed by atoms with Gasteiger partial charge in [-0.3, -0.25) is 4.79 Å². The van der Waals surface area contributed by atoms with Crippen molar-refractivity contribution >= 4 is 5.91 Å². The number of likely N-dealkylation sites (tertiary alicyclic amines) is 1. The predicted octanol–water partition coefficient (Wildman–Crippen LogP) is 1.31. The van der Waals surface area contributed by atoms with Crippen LogP contribution in [0.4, 0.5) is 0 Å². The van der Waals surface area contributed by atoms with Gasteiger partial charge >= 0.3 is 0 Å². The third kappa shape index (κ3) is 3.38. The Morgan fingerprint density at radius 2 is 2.26 bits per heavy atom. The normalized spacial score (nSPS) is 20.2. The predicted molar refractivity (Wildman–Crippen MR) is 72.4 cm³/mol. The van der Waals surface area contributed by atoms with Crippen LogP contribution in [0.15, 0.2) is 18.2 Å². The zero-order chi connectivity index (χ0) is 13.8. The Hall–Kier alpha value is -1.75. The molecule has 0 bridgehead atoms. The molecule has 1 aromatic rings. The molecule has 1 aliphatic heterocycles. The summed E-state index contributed by atoms with van der Waals surface area (Å²) in [6.07, 6.45) is 2.03. The van der Waals surface area contributed by atoms with Gasteiger partial charge in [0.15, 0.2) is 0 Å². The number of rotatable bonds is 3. The van der Waals surface area contributed by atoms with E-state index in [-0.39, 0.29) is 29.0 Å². The molecule has 3 N–H and O–H groups in total. The van der Waals surface area contributed by atoms with Gasteiger partial charge in [0.2, 0.25) is 0 Å². The molecular formula is C14H20N2O3. The molecular weight excluding hydrogens is 244 g/mol. The van der Waals surface area contributed by atoms with E-state index in [1.54, 1.807) is 0 Å². The molecule has 19 heavy (non-hydrogen) atoms. The molecule has 104 valence electrons. The van der Waals surface area contributed by atoms with E-state index in [2.05, 4.69) is 17.1 Å². The third-order valence-corrected chi connectivity index (χ3v) is 3.51. The van der Waals surface area contributed by atoms with Gasteiger partial charge < -0.3 is 20.4 Å². The van der Waals surface area contributed by atoms with Crippen molar-refractivity contribution in [3.63, 3.8) is 0 Å². The highest BCUT2D eigenvalue weighted by Crippen LogP contribution is 2.22. The van der Waals surface area contributed by atoms with E-state index in [9.17, 15) is 15.0 Å². The summed E-state index contributed by atoms with van der Waals surface area (Å²) in [5, 5.41) is 21.8. The van der Waals surface area contributed by atoms with Gasteiger partial charge in [-0.15, -0.1) is 0 Å². The molecule has 1 aromatic carbocycles. The highest BCUT2D eigenvalue weighted by Gasteiger charge is 2.21. The first-order chi connectivity index (χ1) is 9.10. The van der Waals surface area contributed by atoms with Gasteiger partial charge in [0.05, 0.1) is 5.56 Å². The van der Waals surface area contributed by atoms with Crippen LogP contribution in [-0.4, -0.2) is 46.7 Å². The smallest absolute Gasteiger partial charge is 0.255 e. The number of benzene rings is 1. The maximum atomic E-state index is 12.1. The fourth-order valence-electron chi connectivity index (χ4n) is 2.44. The van der Waals surface area contributed by atoms with Crippen molar-refractivity contribution in [3.8, 4) is 11.5 Å². The van der Waals surface area contributed by atoms with E-state index in [1.165, 1.54) is 18.2 Å². The molecule has 0 aromatic heterocycles. The Morgan fingerprint density at radius 3 is 2.95 bits per heavy atom. The van der Waals surface area contributed by atoms with E-state index in [0.717, 1.165) is 32.5 Å². The van der Waals surface area contributed by atoms with Crippen LogP contribution in [0.1, 0.15) is 30.1 Å². The summed E-state index contributed by atoms with van der Waals surface area (Å²) < 4.78 is 0. The number of phenols is 2. The molecule has 0 saturated carbocycles. The Morgan fingerprint density at radius 1 is 1.47 bits per heavy atom. The molecule has 0 aliphatic carbocycles. The van der Waals surface area contributed by atoms with E-state index in [0.29, 0.717) is 0 Å². The van der Waals surface area contributed by atoms with Crippen molar-refractivity contribution in [2.45, 2.75) is 25.8 Å². The Bertz CT molecular complexity index is 462. The number of nitrogens with one attached hydrogen (secondary N) is 1. The van der Waals surface area contributed by atoms with E-state index in [4.69, 9.17) is 0 Å². The number of phenolic OH excluding ortho intramolecular Hbond substituents is 2. The Kier molecular flexibility index (Phi) is 4.27. The number of aromatic hydroxyl groups is 2. The van der Waals surface area contributed by atoms with Gasteiger partial charge in [0, 0.05) is 18.7 Å². The number of carbonyl (C=O) groups excluding carboxylic acids is 1. The summed E-state index contributed by atoms with van der Waals surface area (Å²) in [5.74, 6) is -0.537. The average molecular weight is 264 g/mol. The van der Waals surface area contributed by atoms with Gasteiger partial charge in [-0.1, -0.05) is 6.92 Å². The second kappa shape index (κ2) is 5.93. The van der Waals surface area contributed by atoms with Crippen LogP contribution in [0.3, 0.4) is 0 Å². The van der Waals surface area contributed by atoms with Crippen LogP contribution >= 0.6 is 0 Å². The molecule has 5 heteroatoms. The third-order valence-electron chi connectivity index (χ3n) is 3.51. The molecule has 1 aliphatic rings. The number of carbonyl (C=O) groups is 1. The molecule has 1 amide bonds. The zero-order valence-electron chi connectivity index (χ0n) is 11.1. The van der Waals surface area contributed by atoms with Gasteiger partial charge in [-0.2, -0.15) is 0 Å². The molecule has 2 rings (SSSR count). The topological polar surface area (TPSA) is 72.8 Å². The van der Waals surface area contributed by atoms with Gasteiger partial charge in [-0.25, -0.2) is 0 Å². The second-order valence-corrected chi connectivity index (χ2v) is 4.91. The summed E-state index contributed by atoms with van der Waals surface area (Å²) in [4.78, 5) is 14.4. The van der Waals surface area contributed by atoms with Crippen LogP contribution < -0.4 is 5.32 Å².